The van der Waals surface area contributed by atoms with Crippen molar-refractivity contribution in [3.05, 3.63) is 17.5 Å². The van der Waals surface area contributed by atoms with Crippen molar-refractivity contribution < 1.29 is 4.79 Å². The van der Waals surface area contributed by atoms with Crippen LogP contribution < -0.4 is 5.73 Å². The summed E-state index contributed by atoms with van der Waals surface area (Å²) in [6, 6.07) is 0. The first kappa shape index (κ1) is 14.1. The van der Waals surface area contributed by atoms with E-state index >= 15 is 0 Å². The molecule has 2 N–H and O–H groups in total. The fourth-order valence-corrected chi connectivity index (χ4v) is 2.26. The van der Waals surface area contributed by atoms with Gasteiger partial charge < -0.3 is 10.6 Å². The maximum absolute atomic E-state index is 12.5. The first-order valence-corrected chi connectivity index (χ1v) is 7.19. The van der Waals surface area contributed by atoms with Gasteiger partial charge in [0.15, 0.2) is 0 Å². The molecule has 5 heteroatoms. The van der Waals surface area contributed by atoms with Crippen molar-refractivity contribution >= 4 is 5.91 Å². The van der Waals surface area contributed by atoms with Crippen LogP contribution in [0.2, 0.25) is 0 Å². The summed E-state index contributed by atoms with van der Waals surface area (Å²) in [5.41, 5.74) is 7.20. The van der Waals surface area contributed by atoms with E-state index in [4.69, 9.17) is 5.73 Å². The molecule has 2 rings (SSSR count). The molecule has 1 saturated carbocycles. The Balaban J connectivity index is 2.06. The van der Waals surface area contributed by atoms with Gasteiger partial charge in [0.2, 0.25) is 0 Å². The summed E-state index contributed by atoms with van der Waals surface area (Å²) in [6.45, 7) is 7.08. The Morgan fingerprint density at radius 1 is 1.58 bits per heavy atom. The van der Waals surface area contributed by atoms with E-state index < -0.39 is 0 Å². The van der Waals surface area contributed by atoms with E-state index in [1.165, 1.54) is 12.8 Å². The van der Waals surface area contributed by atoms with Crippen LogP contribution in [0.25, 0.3) is 0 Å². The quantitative estimate of drug-likeness (QED) is 0.810. The summed E-state index contributed by atoms with van der Waals surface area (Å²) in [4.78, 5) is 14.4. The van der Waals surface area contributed by atoms with Gasteiger partial charge in [-0.3, -0.25) is 9.48 Å². The third-order valence-electron chi connectivity index (χ3n) is 3.75. The average molecular weight is 264 g/mol. The minimum absolute atomic E-state index is 0.117. The number of hydrogen-bond acceptors (Lipinski definition) is 3. The van der Waals surface area contributed by atoms with Gasteiger partial charge >= 0.3 is 0 Å². The summed E-state index contributed by atoms with van der Waals surface area (Å²) in [5.74, 6) is 0.836. The van der Waals surface area contributed by atoms with Gasteiger partial charge in [-0.15, -0.1) is 0 Å². The molecule has 19 heavy (non-hydrogen) atoms. The maximum atomic E-state index is 12.5. The smallest absolute Gasteiger partial charge is 0.257 e. The molecule has 1 fully saturated rings. The lowest BCUT2D eigenvalue weighted by molar-refractivity contribution is 0.0756. The number of rotatable bonds is 7. The summed E-state index contributed by atoms with van der Waals surface area (Å²) in [5, 5.41) is 4.30. The molecular weight excluding hydrogens is 240 g/mol. The van der Waals surface area contributed by atoms with Crippen LogP contribution in [0.4, 0.5) is 0 Å². The number of aryl methyl sites for hydroxylation is 1. The zero-order valence-corrected chi connectivity index (χ0v) is 11.9. The van der Waals surface area contributed by atoms with Crippen molar-refractivity contribution in [2.45, 2.75) is 39.7 Å². The first-order valence-electron chi connectivity index (χ1n) is 7.19. The number of nitrogens with two attached hydrogens (primary N) is 1. The predicted molar refractivity (Wildman–Crippen MR) is 74.9 cm³/mol. The van der Waals surface area contributed by atoms with Crippen molar-refractivity contribution in [2.24, 2.45) is 11.7 Å². The molecule has 1 heterocycles. The van der Waals surface area contributed by atoms with E-state index in [1.807, 2.05) is 23.4 Å². The Hall–Kier alpha value is -1.36. The Labute approximate surface area is 114 Å². The van der Waals surface area contributed by atoms with Crippen LogP contribution in [0.1, 0.15) is 42.2 Å². The van der Waals surface area contributed by atoms with Crippen molar-refractivity contribution in [2.75, 3.05) is 19.6 Å². The normalized spacial score (nSPS) is 14.7. The van der Waals surface area contributed by atoms with Crippen LogP contribution >= 0.6 is 0 Å². The molecule has 0 aliphatic heterocycles. The highest BCUT2D eigenvalue weighted by Crippen LogP contribution is 2.30. The van der Waals surface area contributed by atoms with Crippen LogP contribution in [0.5, 0.6) is 0 Å². The second-order valence-electron chi connectivity index (χ2n) is 5.30. The summed E-state index contributed by atoms with van der Waals surface area (Å²) in [6.07, 6.45) is 5.11. The van der Waals surface area contributed by atoms with Gasteiger partial charge in [-0.25, -0.2) is 0 Å². The minimum Gasteiger partial charge on any atom is -0.339 e. The van der Waals surface area contributed by atoms with Crippen LogP contribution in [0, 0.1) is 12.8 Å². The largest absolute Gasteiger partial charge is 0.339 e. The molecule has 0 aromatic carbocycles. The van der Waals surface area contributed by atoms with Gasteiger partial charge in [-0.1, -0.05) is 0 Å². The molecule has 106 valence electrons. The van der Waals surface area contributed by atoms with E-state index in [0.29, 0.717) is 6.54 Å². The highest BCUT2D eigenvalue weighted by atomic mass is 16.2. The zero-order valence-electron chi connectivity index (χ0n) is 11.9. The van der Waals surface area contributed by atoms with Crippen LogP contribution in [-0.4, -0.2) is 40.2 Å². The topological polar surface area (TPSA) is 64.2 Å². The monoisotopic (exact) mass is 264 g/mol. The molecule has 0 saturated heterocycles. The lowest BCUT2D eigenvalue weighted by Gasteiger charge is -2.20. The lowest BCUT2D eigenvalue weighted by atomic mass is 10.2. The molecule has 0 spiro atoms. The highest BCUT2D eigenvalue weighted by molar-refractivity contribution is 5.95. The second-order valence-corrected chi connectivity index (χ2v) is 5.30. The van der Waals surface area contributed by atoms with E-state index in [2.05, 4.69) is 5.10 Å². The van der Waals surface area contributed by atoms with E-state index in [-0.39, 0.29) is 5.91 Å². The molecule has 0 bridgehead atoms. The summed E-state index contributed by atoms with van der Waals surface area (Å²) < 4.78 is 1.88. The number of amides is 1. The molecule has 1 amide bonds. The third kappa shape index (κ3) is 3.35. The first-order chi connectivity index (χ1) is 9.17. The number of hydrogen-bond donors (Lipinski definition) is 1. The van der Waals surface area contributed by atoms with Gasteiger partial charge in [0.05, 0.1) is 11.8 Å². The molecule has 0 unspecified atom stereocenters. The molecule has 5 nitrogen and oxygen atoms in total. The number of carbonyl (C=O) groups excluding carboxylic acids is 1. The van der Waals surface area contributed by atoms with Gasteiger partial charge in [-0.2, -0.15) is 5.10 Å². The van der Waals surface area contributed by atoms with Gasteiger partial charge in [0.25, 0.3) is 5.91 Å². The highest BCUT2D eigenvalue weighted by Gasteiger charge is 2.27. The lowest BCUT2D eigenvalue weighted by Crippen LogP contribution is -2.33. The zero-order chi connectivity index (χ0) is 13.8. The van der Waals surface area contributed by atoms with E-state index in [9.17, 15) is 4.79 Å². The Morgan fingerprint density at radius 3 is 2.89 bits per heavy atom. The molecule has 1 aromatic rings. The van der Waals surface area contributed by atoms with E-state index in [0.717, 1.165) is 43.2 Å². The molecule has 1 aliphatic carbocycles. The summed E-state index contributed by atoms with van der Waals surface area (Å²) >= 11 is 0. The van der Waals surface area contributed by atoms with Gasteiger partial charge in [-0.05, 0) is 45.6 Å². The van der Waals surface area contributed by atoms with Crippen molar-refractivity contribution in [3.8, 4) is 0 Å². The SMILES string of the molecule is CCN(CC1CC1)C(=O)c1cnn(CCCN)c1C. The minimum atomic E-state index is 0.117. The average Bonchev–Trinajstić information content (AvgIpc) is 3.16. The number of carbonyl (C=O) groups is 1. The van der Waals surface area contributed by atoms with Crippen molar-refractivity contribution in [1.29, 1.82) is 0 Å². The Bertz CT molecular complexity index is 437. The molecular formula is C14H24N4O. The predicted octanol–water partition coefficient (Wildman–Crippen LogP) is 1.41. The standard InChI is InChI=1S/C14H24N4O/c1-3-17(10-12-5-6-12)14(19)13-9-16-18(11(13)2)8-4-7-15/h9,12H,3-8,10,15H2,1-2H3. The van der Waals surface area contributed by atoms with Crippen LogP contribution in [0.3, 0.4) is 0 Å². The molecule has 1 aliphatic rings. The van der Waals surface area contributed by atoms with E-state index in [1.54, 1.807) is 6.20 Å². The second kappa shape index (κ2) is 6.19. The van der Waals surface area contributed by atoms with Crippen LogP contribution in [0.15, 0.2) is 6.20 Å². The fraction of sp³-hybridized carbons (Fsp3) is 0.714. The molecule has 0 atom stereocenters. The number of nitrogens with zero attached hydrogens (tertiary/aromatic N) is 3. The van der Waals surface area contributed by atoms with Gasteiger partial charge in [0, 0.05) is 25.3 Å². The Kier molecular flexibility index (Phi) is 4.58. The molecule has 0 radical (unpaired) electrons. The summed E-state index contributed by atoms with van der Waals surface area (Å²) in [7, 11) is 0. The van der Waals surface area contributed by atoms with Crippen LogP contribution in [-0.2, 0) is 6.54 Å². The number of aromatic nitrogens is 2. The van der Waals surface area contributed by atoms with Crippen molar-refractivity contribution in [1.82, 2.24) is 14.7 Å². The van der Waals surface area contributed by atoms with Gasteiger partial charge in [0.1, 0.15) is 0 Å². The molecule has 1 aromatic heterocycles. The third-order valence-corrected chi connectivity index (χ3v) is 3.75. The van der Waals surface area contributed by atoms with Crippen molar-refractivity contribution in [3.63, 3.8) is 0 Å². The fourth-order valence-electron chi connectivity index (χ4n) is 2.26. The maximum Gasteiger partial charge on any atom is 0.257 e. The Morgan fingerprint density at radius 2 is 2.32 bits per heavy atom.